The van der Waals surface area contributed by atoms with Crippen LogP contribution in [0.3, 0.4) is 0 Å². The highest BCUT2D eigenvalue weighted by molar-refractivity contribution is 7.89. The molecule has 2 aromatic heterocycles. The van der Waals surface area contributed by atoms with Gasteiger partial charge in [-0.05, 0) is 49.4 Å². The van der Waals surface area contributed by atoms with Crippen molar-refractivity contribution in [3.63, 3.8) is 0 Å². The Balaban J connectivity index is 1.53. The molecule has 0 saturated carbocycles. The molecule has 0 bridgehead atoms. The van der Waals surface area contributed by atoms with Crippen molar-refractivity contribution in [2.45, 2.75) is 31.2 Å². The molecule has 3 aromatic rings. The molecule has 0 amide bonds. The molecule has 29 heavy (non-hydrogen) atoms. The number of benzene rings is 1. The Morgan fingerprint density at radius 2 is 2.10 bits per heavy atom. The molecule has 10 heteroatoms. The predicted molar refractivity (Wildman–Crippen MR) is 111 cm³/mol. The molecule has 1 aromatic carbocycles. The number of sulfonamides is 1. The van der Waals surface area contributed by atoms with E-state index in [1.165, 1.54) is 4.31 Å². The first-order valence-electron chi connectivity index (χ1n) is 9.44. The lowest BCUT2D eigenvalue weighted by atomic mass is 10.3. The van der Waals surface area contributed by atoms with E-state index >= 15 is 0 Å². The highest BCUT2D eigenvalue weighted by Crippen LogP contribution is 2.32. The Hall–Kier alpha value is -2.43. The quantitative estimate of drug-likeness (QED) is 0.578. The second-order valence-corrected chi connectivity index (χ2v) is 9.27. The SMILES string of the molecule is CCOc1ccc(NCc2nc(-c3ccsc3)no2)cc1S(=O)(=O)N1CCCC1. The molecule has 0 spiro atoms. The van der Waals surface area contributed by atoms with Gasteiger partial charge in [0.2, 0.25) is 21.7 Å². The molecule has 1 aliphatic heterocycles. The number of rotatable bonds is 8. The molecule has 1 saturated heterocycles. The zero-order chi connectivity index (χ0) is 20.3. The Morgan fingerprint density at radius 1 is 1.28 bits per heavy atom. The van der Waals surface area contributed by atoms with E-state index in [2.05, 4.69) is 15.5 Å². The average molecular weight is 435 g/mol. The number of anilines is 1. The van der Waals surface area contributed by atoms with Gasteiger partial charge in [-0.2, -0.15) is 20.6 Å². The topological polar surface area (TPSA) is 97.6 Å². The number of nitrogens with zero attached hydrogens (tertiary/aromatic N) is 3. The van der Waals surface area contributed by atoms with Crippen molar-refractivity contribution in [2.24, 2.45) is 0 Å². The van der Waals surface area contributed by atoms with Crippen molar-refractivity contribution in [3.05, 3.63) is 40.9 Å². The van der Waals surface area contributed by atoms with Crippen LogP contribution in [0, 0.1) is 0 Å². The van der Waals surface area contributed by atoms with E-state index in [9.17, 15) is 8.42 Å². The molecule has 0 aliphatic carbocycles. The number of thiophene rings is 1. The highest BCUT2D eigenvalue weighted by Gasteiger charge is 2.30. The van der Waals surface area contributed by atoms with Crippen LogP contribution in [-0.4, -0.2) is 42.6 Å². The van der Waals surface area contributed by atoms with Crippen LogP contribution in [0.5, 0.6) is 5.75 Å². The van der Waals surface area contributed by atoms with Crippen molar-refractivity contribution in [1.82, 2.24) is 14.4 Å². The fourth-order valence-corrected chi connectivity index (χ4v) is 5.48. The van der Waals surface area contributed by atoms with Crippen molar-refractivity contribution < 1.29 is 17.7 Å². The second-order valence-electron chi connectivity index (χ2n) is 6.58. The maximum absolute atomic E-state index is 13.1. The first-order valence-corrected chi connectivity index (χ1v) is 11.8. The van der Waals surface area contributed by atoms with Crippen LogP contribution in [0.4, 0.5) is 5.69 Å². The second kappa shape index (κ2) is 8.52. The van der Waals surface area contributed by atoms with Gasteiger partial charge in [0.05, 0.1) is 13.2 Å². The maximum atomic E-state index is 13.1. The van der Waals surface area contributed by atoms with Crippen LogP contribution >= 0.6 is 11.3 Å². The molecule has 154 valence electrons. The minimum absolute atomic E-state index is 0.177. The molecule has 1 fully saturated rings. The van der Waals surface area contributed by atoms with Crippen LogP contribution in [0.15, 0.2) is 44.4 Å². The summed E-state index contributed by atoms with van der Waals surface area (Å²) < 4.78 is 38.5. The van der Waals surface area contributed by atoms with E-state index in [0.29, 0.717) is 42.8 Å². The summed E-state index contributed by atoms with van der Waals surface area (Å²) in [7, 11) is -3.60. The third-order valence-electron chi connectivity index (χ3n) is 4.62. The van der Waals surface area contributed by atoms with Gasteiger partial charge in [0.1, 0.15) is 10.6 Å². The Bertz CT molecular complexity index is 1060. The zero-order valence-corrected chi connectivity index (χ0v) is 17.6. The smallest absolute Gasteiger partial charge is 0.246 e. The molecule has 4 rings (SSSR count). The van der Waals surface area contributed by atoms with Crippen molar-refractivity contribution in [2.75, 3.05) is 25.0 Å². The van der Waals surface area contributed by atoms with Crippen LogP contribution in [0.1, 0.15) is 25.7 Å². The fraction of sp³-hybridized carbons (Fsp3) is 0.368. The number of nitrogens with one attached hydrogen (secondary N) is 1. The Morgan fingerprint density at radius 3 is 2.83 bits per heavy atom. The minimum atomic E-state index is -3.60. The summed E-state index contributed by atoms with van der Waals surface area (Å²) >= 11 is 1.56. The van der Waals surface area contributed by atoms with Gasteiger partial charge >= 0.3 is 0 Å². The van der Waals surface area contributed by atoms with E-state index in [0.717, 1.165) is 18.4 Å². The van der Waals surface area contributed by atoms with E-state index < -0.39 is 10.0 Å². The largest absolute Gasteiger partial charge is 0.492 e. The summed E-state index contributed by atoms with van der Waals surface area (Å²) in [5, 5.41) is 11.0. The Kier molecular flexibility index (Phi) is 5.84. The zero-order valence-electron chi connectivity index (χ0n) is 16.0. The van der Waals surface area contributed by atoms with Crippen LogP contribution < -0.4 is 10.1 Å². The summed E-state index contributed by atoms with van der Waals surface area (Å²) in [6.07, 6.45) is 1.76. The lowest BCUT2D eigenvalue weighted by Crippen LogP contribution is -2.28. The number of ether oxygens (including phenoxy) is 1. The predicted octanol–water partition coefficient (Wildman–Crippen LogP) is 3.59. The summed E-state index contributed by atoms with van der Waals surface area (Å²) in [5.74, 6) is 1.32. The highest BCUT2D eigenvalue weighted by atomic mass is 32.2. The van der Waals surface area contributed by atoms with E-state index in [-0.39, 0.29) is 11.4 Å². The third-order valence-corrected chi connectivity index (χ3v) is 7.22. The number of hydrogen-bond acceptors (Lipinski definition) is 8. The normalized spacial score (nSPS) is 14.9. The van der Waals surface area contributed by atoms with Crippen LogP contribution in [0.25, 0.3) is 11.4 Å². The van der Waals surface area contributed by atoms with Gasteiger partial charge < -0.3 is 14.6 Å². The molecule has 3 heterocycles. The summed E-state index contributed by atoms with van der Waals surface area (Å²) in [6.45, 7) is 3.59. The van der Waals surface area contributed by atoms with Gasteiger partial charge in [0.15, 0.2) is 0 Å². The molecular formula is C19H22N4O4S2. The summed E-state index contributed by atoms with van der Waals surface area (Å²) in [6, 6.07) is 6.99. The molecule has 0 unspecified atom stereocenters. The molecule has 0 radical (unpaired) electrons. The van der Waals surface area contributed by atoms with E-state index in [4.69, 9.17) is 9.26 Å². The molecule has 1 N–H and O–H groups in total. The van der Waals surface area contributed by atoms with Crippen molar-refractivity contribution in [3.8, 4) is 17.1 Å². The van der Waals surface area contributed by atoms with Crippen molar-refractivity contribution in [1.29, 1.82) is 0 Å². The third kappa shape index (κ3) is 4.29. The first kappa shape index (κ1) is 19.9. The molecule has 8 nitrogen and oxygen atoms in total. The first-order chi connectivity index (χ1) is 14.1. The fourth-order valence-electron chi connectivity index (χ4n) is 3.18. The summed E-state index contributed by atoms with van der Waals surface area (Å²) in [4.78, 5) is 4.54. The molecule has 1 aliphatic rings. The van der Waals surface area contributed by atoms with Gasteiger partial charge in [-0.3, -0.25) is 0 Å². The van der Waals surface area contributed by atoms with Gasteiger partial charge in [-0.1, -0.05) is 5.16 Å². The van der Waals surface area contributed by atoms with Crippen molar-refractivity contribution >= 4 is 27.0 Å². The molecule has 0 atom stereocenters. The van der Waals surface area contributed by atoms with Gasteiger partial charge in [0.25, 0.3) is 0 Å². The number of aromatic nitrogens is 2. The average Bonchev–Trinajstić information content (AvgIpc) is 3.49. The van der Waals surface area contributed by atoms with Gasteiger partial charge in [0, 0.05) is 29.7 Å². The standard InChI is InChI=1S/C19H22N4O4S2/c1-2-26-16-6-5-15(11-17(16)29(24,25)23-8-3-4-9-23)20-12-18-21-19(22-27-18)14-7-10-28-13-14/h5-7,10-11,13,20H,2-4,8-9,12H2,1H3. The number of hydrogen-bond donors (Lipinski definition) is 1. The monoisotopic (exact) mass is 434 g/mol. The molecular weight excluding hydrogens is 412 g/mol. The summed E-state index contributed by atoms with van der Waals surface area (Å²) in [5.41, 5.74) is 1.55. The lowest BCUT2D eigenvalue weighted by Gasteiger charge is -2.19. The van der Waals surface area contributed by atoms with Gasteiger partial charge in [-0.25, -0.2) is 8.42 Å². The van der Waals surface area contributed by atoms with E-state index in [1.54, 1.807) is 29.5 Å². The van der Waals surface area contributed by atoms with Gasteiger partial charge in [-0.15, -0.1) is 0 Å². The lowest BCUT2D eigenvalue weighted by molar-refractivity contribution is 0.329. The maximum Gasteiger partial charge on any atom is 0.246 e. The van der Waals surface area contributed by atoms with Crippen LogP contribution in [0.2, 0.25) is 0 Å². The van der Waals surface area contributed by atoms with Crippen LogP contribution in [-0.2, 0) is 16.6 Å². The Labute approximate surface area is 173 Å². The van der Waals surface area contributed by atoms with E-state index in [1.807, 2.05) is 23.8 Å². The minimum Gasteiger partial charge on any atom is -0.492 e.